The highest BCUT2D eigenvalue weighted by Crippen LogP contribution is 2.47. The van der Waals surface area contributed by atoms with Gasteiger partial charge < -0.3 is 14.9 Å². The molecule has 0 radical (unpaired) electrons. The molecule has 3 atom stereocenters. The van der Waals surface area contributed by atoms with E-state index in [1.54, 1.807) is 18.2 Å². The van der Waals surface area contributed by atoms with Crippen LogP contribution in [0.5, 0.6) is 5.75 Å². The molecule has 1 unspecified atom stereocenters. The largest absolute Gasteiger partial charge is 0.508 e. The molecule has 0 bridgehead atoms. The third-order valence-electron chi connectivity index (χ3n) is 13.6. The summed E-state index contributed by atoms with van der Waals surface area (Å²) in [7, 11) is 0. The second-order valence-corrected chi connectivity index (χ2v) is 17.0. The monoisotopic (exact) mass is 767 g/mol. The number of aryl methyl sites for hydroxylation is 1. The Hall–Kier alpha value is -5.39. The average molecular weight is 768 g/mol. The van der Waals surface area contributed by atoms with Crippen LogP contribution in [-0.4, -0.2) is 88.2 Å². The number of piperidine rings is 2. The van der Waals surface area contributed by atoms with E-state index in [9.17, 15) is 28.7 Å². The number of carbonyl (C=O) groups excluding carboxylic acids is 4. The molecule has 292 valence electrons. The molecule has 4 aromatic rings. The van der Waals surface area contributed by atoms with E-state index in [4.69, 9.17) is 0 Å². The highest BCUT2D eigenvalue weighted by molar-refractivity contribution is 6.23. The van der Waals surface area contributed by atoms with Gasteiger partial charge in [-0.15, -0.1) is 0 Å². The van der Waals surface area contributed by atoms with Gasteiger partial charge in [0.2, 0.25) is 11.8 Å². The number of hydrogen-bond acceptors (Lipinski definition) is 8. The number of hydrogen-bond donors (Lipinski definition) is 2. The van der Waals surface area contributed by atoms with Gasteiger partial charge in [-0.05, 0) is 133 Å². The summed E-state index contributed by atoms with van der Waals surface area (Å²) >= 11 is 0. The normalized spacial score (nSPS) is 24.3. The number of rotatable bonds is 7. The summed E-state index contributed by atoms with van der Waals surface area (Å²) in [4.78, 5) is 59.4. The molecule has 0 aromatic heterocycles. The number of aromatic hydroxyl groups is 1. The van der Waals surface area contributed by atoms with E-state index in [0.29, 0.717) is 28.8 Å². The van der Waals surface area contributed by atoms with E-state index in [1.807, 2.05) is 30.3 Å². The second-order valence-electron chi connectivity index (χ2n) is 17.0. The fourth-order valence-corrected chi connectivity index (χ4v) is 10.6. The minimum absolute atomic E-state index is 0.107. The van der Waals surface area contributed by atoms with Crippen LogP contribution < -0.4 is 10.2 Å². The zero-order chi connectivity index (χ0) is 38.9. The van der Waals surface area contributed by atoms with Crippen molar-refractivity contribution < 1.29 is 28.7 Å². The van der Waals surface area contributed by atoms with Crippen molar-refractivity contribution in [2.45, 2.75) is 75.5 Å². The van der Waals surface area contributed by atoms with E-state index in [-0.39, 0.29) is 36.4 Å². The summed E-state index contributed by atoms with van der Waals surface area (Å²) in [5, 5.41) is 12.5. The van der Waals surface area contributed by atoms with E-state index in [2.05, 4.69) is 50.3 Å². The Kier molecular flexibility index (Phi) is 8.97. The van der Waals surface area contributed by atoms with Crippen LogP contribution in [0, 0.1) is 11.7 Å². The van der Waals surface area contributed by atoms with Crippen molar-refractivity contribution in [3.63, 3.8) is 0 Å². The molecule has 0 spiro atoms. The molecule has 5 heterocycles. The number of carbonyl (C=O) groups is 4. The van der Waals surface area contributed by atoms with Crippen LogP contribution in [0.2, 0.25) is 0 Å². The Morgan fingerprint density at radius 1 is 0.719 bits per heavy atom. The molecule has 10 nitrogen and oxygen atoms in total. The number of phenolic OH excluding ortho intramolecular Hbond substituents is 1. The molecule has 4 amide bonds. The van der Waals surface area contributed by atoms with Crippen molar-refractivity contribution in [3.05, 3.63) is 129 Å². The predicted molar refractivity (Wildman–Crippen MR) is 211 cm³/mol. The molecule has 10 rings (SSSR count). The van der Waals surface area contributed by atoms with E-state index in [0.717, 1.165) is 93.1 Å². The van der Waals surface area contributed by atoms with Gasteiger partial charge in [-0.2, -0.15) is 0 Å². The summed E-state index contributed by atoms with van der Waals surface area (Å²) in [5.41, 5.74) is 8.90. The lowest BCUT2D eigenvalue weighted by molar-refractivity contribution is -0.136. The topological polar surface area (TPSA) is 114 Å². The lowest BCUT2D eigenvalue weighted by Gasteiger charge is -2.45. The van der Waals surface area contributed by atoms with Gasteiger partial charge >= 0.3 is 0 Å². The first kappa shape index (κ1) is 36.0. The summed E-state index contributed by atoms with van der Waals surface area (Å²) in [6, 6.07) is 24.9. The van der Waals surface area contributed by atoms with Gasteiger partial charge in [0, 0.05) is 62.7 Å². The summed E-state index contributed by atoms with van der Waals surface area (Å²) in [6.07, 6.45) is 4.24. The standard InChI is InChI=1S/C46H46FN5O5/c47-33-6-1-28(2-7-33)37-11-5-30-19-36(53)10-12-38(30)43(37)29-3-8-34(9-4-29)50-23-27(24-50)22-49-17-15-35(16-18-49)51-25-31-20-39-40(21-32(31)26-51)46(57)52(45(39)56)41-13-14-42(54)48-44(41)55/h1-4,6-10,12,19-21,27,35,37,41,43,53H,5,11,13-18,22-26H2,(H,48,54,55)/t37-,41?,43+/m0/s1. The molecule has 5 aliphatic heterocycles. The van der Waals surface area contributed by atoms with Gasteiger partial charge in [0.05, 0.1) is 11.1 Å². The third kappa shape index (κ3) is 6.50. The summed E-state index contributed by atoms with van der Waals surface area (Å²) in [5.74, 6) is -0.817. The van der Waals surface area contributed by atoms with Crippen LogP contribution in [0.15, 0.2) is 78.9 Å². The highest BCUT2D eigenvalue weighted by atomic mass is 19.1. The fourth-order valence-electron chi connectivity index (χ4n) is 10.6. The summed E-state index contributed by atoms with van der Waals surface area (Å²) < 4.78 is 13.8. The maximum atomic E-state index is 13.8. The van der Waals surface area contributed by atoms with E-state index < -0.39 is 23.8 Å². The fraction of sp³-hybridized carbons (Fsp3) is 0.391. The number of nitrogens with one attached hydrogen (secondary N) is 1. The number of likely N-dealkylation sites (tertiary alicyclic amines) is 1. The number of anilines is 1. The van der Waals surface area contributed by atoms with E-state index in [1.165, 1.54) is 22.4 Å². The number of halogens is 1. The third-order valence-corrected chi connectivity index (χ3v) is 13.6. The minimum Gasteiger partial charge on any atom is -0.508 e. The van der Waals surface area contributed by atoms with Crippen molar-refractivity contribution in [1.29, 1.82) is 0 Å². The Labute approximate surface area is 331 Å². The Balaban J connectivity index is 0.725. The number of nitrogens with zero attached hydrogens (tertiary/aromatic N) is 4. The maximum absolute atomic E-state index is 13.8. The number of imide groups is 2. The molecule has 11 heteroatoms. The van der Waals surface area contributed by atoms with Crippen LogP contribution in [0.25, 0.3) is 0 Å². The molecule has 3 fully saturated rings. The lowest BCUT2D eigenvalue weighted by atomic mass is 9.69. The molecule has 57 heavy (non-hydrogen) atoms. The van der Waals surface area contributed by atoms with Crippen molar-refractivity contribution >= 4 is 29.3 Å². The Bertz CT molecular complexity index is 2240. The first-order valence-corrected chi connectivity index (χ1v) is 20.4. The molecule has 0 saturated carbocycles. The van der Waals surface area contributed by atoms with Crippen LogP contribution >= 0.6 is 0 Å². The zero-order valence-electron chi connectivity index (χ0n) is 31.8. The lowest BCUT2D eigenvalue weighted by Crippen LogP contribution is -2.54. The van der Waals surface area contributed by atoms with Crippen LogP contribution in [-0.2, 0) is 29.1 Å². The number of fused-ring (bicyclic) bond motifs is 3. The highest BCUT2D eigenvalue weighted by Gasteiger charge is 2.46. The van der Waals surface area contributed by atoms with E-state index >= 15 is 0 Å². The van der Waals surface area contributed by atoms with Crippen molar-refractivity contribution in [2.75, 3.05) is 37.6 Å². The molecular formula is C46H46FN5O5. The average Bonchev–Trinajstić information content (AvgIpc) is 3.72. The van der Waals surface area contributed by atoms with Crippen molar-refractivity contribution in [2.24, 2.45) is 5.92 Å². The van der Waals surface area contributed by atoms with Gasteiger partial charge in [-0.1, -0.05) is 30.3 Å². The smallest absolute Gasteiger partial charge is 0.262 e. The predicted octanol–water partition coefficient (Wildman–Crippen LogP) is 5.71. The first-order valence-electron chi connectivity index (χ1n) is 20.4. The number of amides is 4. The second kappa shape index (κ2) is 14.2. The Morgan fingerprint density at radius 3 is 2.05 bits per heavy atom. The molecule has 1 aliphatic carbocycles. The summed E-state index contributed by atoms with van der Waals surface area (Å²) in [6.45, 7) is 6.74. The zero-order valence-corrected chi connectivity index (χ0v) is 31.8. The molecule has 4 aromatic carbocycles. The molecule has 3 saturated heterocycles. The van der Waals surface area contributed by atoms with Gasteiger partial charge in [-0.25, -0.2) is 4.39 Å². The van der Waals surface area contributed by atoms with Crippen molar-refractivity contribution in [3.8, 4) is 5.75 Å². The molecule has 6 aliphatic rings. The van der Waals surface area contributed by atoms with Gasteiger partial charge in [0.15, 0.2) is 0 Å². The molecule has 2 N–H and O–H groups in total. The quantitative estimate of drug-likeness (QED) is 0.230. The van der Waals surface area contributed by atoms with Crippen molar-refractivity contribution in [1.82, 2.24) is 20.0 Å². The van der Waals surface area contributed by atoms with Gasteiger partial charge in [-0.3, -0.25) is 34.3 Å². The number of phenols is 1. The van der Waals surface area contributed by atoms with Crippen LogP contribution in [0.3, 0.4) is 0 Å². The maximum Gasteiger partial charge on any atom is 0.262 e. The minimum atomic E-state index is -0.950. The first-order chi connectivity index (χ1) is 27.7. The molecular weight excluding hydrogens is 722 g/mol. The Morgan fingerprint density at radius 2 is 1.39 bits per heavy atom. The van der Waals surface area contributed by atoms with Gasteiger partial charge in [0.25, 0.3) is 11.8 Å². The van der Waals surface area contributed by atoms with Gasteiger partial charge in [0.1, 0.15) is 17.6 Å². The van der Waals surface area contributed by atoms with Crippen LogP contribution in [0.4, 0.5) is 10.1 Å². The number of benzene rings is 4. The van der Waals surface area contributed by atoms with Crippen LogP contribution in [0.1, 0.15) is 98.0 Å². The SMILES string of the molecule is O=C1CCC(N2C(=O)c3cc4c(cc3C2=O)CN(C2CCN(CC3CN(c5ccc([C@H]6c7ccc(O)cc7CC[C@H]6c6ccc(F)cc6)cc5)C3)CC2)C4)C(=O)N1.